The third-order valence-corrected chi connectivity index (χ3v) is 13.4. The van der Waals surface area contributed by atoms with Crippen molar-refractivity contribution in [2.75, 3.05) is 6.54 Å². The van der Waals surface area contributed by atoms with Crippen LogP contribution in [0.1, 0.15) is 113 Å². The van der Waals surface area contributed by atoms with Crippen LogP contribution in [0, 0.1) is 62.6 Å². The first-order valence-corrected chi connectivity index (χ1v) is 14.8. The van der Waals surface area contributed by atoms with Gasteiger partial charge in [0, 0.05) is 0 Å². The zero-order chi connectivity index (χ0) is 26.4. The van der Waals surface area contributed by atoms with E-state index in [1.54, 1.807) is 5.57 Å². The van der Waals surface area contributed by atoms with Gasteiger partial charge in [0.15, 0.2) is 0 Å². The van der Waals surface area contributed by atoms with Crippen LogP contribution in [0.3, 0.4) is 0 Å². The molecule has 0 saturated heterocycles. The number of carbonyl (C=O) groups is 1. The molecule has 0 heterocycles. The van der Waals surface area contributed by atoms with Crippen LogP contribution >= 0.6 is 0 Å². The van der Waals surface area contributed by atoms with Crippen LogP contribution in [0.4, 0.5) is 0 Å². The van der Waals surface area contributed by atoms with Gasteiger partial charge in [0.1, 0.15) is 0 Å². The van der Waals surface area contributed by atoms with Crippen molar-refractivity contribution in [1.82, 2.24) is 5.32 Å². The first-order valence-electron chi connectivity index (χ1n) is 14.8. The van der Waals surface area contributed by atoms with Crippen LogP contribution in [-0.2, 0) is 4.79 Å². The summed E-state index contributed by atoms with van der Waals surface area (Å²) in [5.74, 6) is 4.34. The van der Waals surface area contributed by atoms with Gasteiger partial charge < -0.3 is 10.4 Å². The molecule has 0 radical (unpaired) electrons. The molecular weight excluding hydrogens is 442 g/mol. The largest absolute Gasteiger partial charge is 0.393 e. The standard InChI is InChI=1S/C33H51NO2/c1-9-20-34-27(36)33-18-16-28(2,3)21-23(33)22-10-11-25-30(6)14-13-26(35)29(4,5)24(30)12-15-32(25,8)31(22,7)17-19-33/h1,10,23-26,35H,11-21H2,2-8H3,(H,34,36)/t23?,24?,25?,26?,30?,31-,32?,33?/m1/s1. The number of allylic oxidation sites excluding steroid dienone is 2. The molecule has 3 nitrogen and oxygen atoms in total. The smallest absolute Gasteiger partial charge is 0.227 e. The van der Waals surface area contributed by atoms with Crippen LogP contribution in [0.2, 0.25) is 0 Å². The Balaban J connectivity index is 1.58. The maximum Gasteiger partial charge on any atom is 0.227 e. The van der Waals surface area contributed by atoms with Crippen molar-refractivity contribution < 1.29 is 9.90 Å². The summed E-state index contributed by atoms with van der Waals surface area (Å²) in [6.45, 7) is 17.5. The molecule has 7 unspecified atom stereocenters. The lowest BCUT2D eigenvalue weighted by Crippen LogP contribution is -2.65. The molecule has 1 amide bonds. The van der Waals surface area contributed by atoms with Crippen molar-refractivity contribution >= 4 is 5.91 Å². The van der Waals surface area contributed by atoms with Crippen molar-refractivity contribution in [1.29, 1.82) is 0 Å². The Hall–Kier alpha value is -1.27. The van der Waals surface area contributed by atoms with Gasteiger partial charge in [-0.25, -0.2) is 0 Å². The van der Waals surface area contributed by atoms with Gasteiger partial charge in [0.2, 0.25) is 5.91 Å². The number of aliphatic hydroxyl groups excluding tert-OH is 1. The first-order chi connectivity index (χ1) is 16.7. The van der Waals surface area contributed by atoms with Crippen molar-refractivity contribution in [3.63, 3.8) is 0 Å². The van der Waals surface area contributed by atoms with Crippen molar-refractivity contribution in [2.45, 2.75) is 119 Å². The van der Waals surface area contributed by atoms with Gasteiger partial charge in [-0.2, -0.15) is 0 Å². The fraction of sp³-hybridized carbons (Fsp3) is 0.848. The van der Waals surface area contributed by atoms with Gasteiger partial charge in [-0.1, -0.05) is 66.0 Å². The quantitative estimate of drug-likeness (QED) is 0.325. The Kier molecular flexibility index (Phi) is 5.94. The maximum atomic E-state index is 13.7. The molecule has 0 bridgehead atoms. The minimum absolute atomic E-state index is 0.0244. The fourth-order valence-corrected chi connectivity index (χ4v) is 10.9. The number of rotatable bonds is 2. The lowest BCUT2D eigenvalue weighted by Gasteiger charge is -2.71. The van der Waals surface area contributed by atoms with Gasteiger partial charge in [0.05, 0.1) is 18.1 Å². The Bertz CT molecular complexity index is 1000. The predicted octanol–water partition coefficient (Wildman–Crippen LogP) is 6.90. The second-order valence-electron chi connectivity index (χ2n) is 15.6. The third kappa shape index (κ3) is 3.31. The van der Waals surface area contributed by atoms with Gasteiger partial charge in [0.25, 0.3) is 0 Å². The molecule has 3 heteroatoms. The highest BCUT2D eigenvalue weighted by molar-refractivity contribution is 5.84. The maximum absolute atomic E-state index is 13.7. The monoisotopic (exact) mass is 493 g/mol. The topological polar surface area (TPSA) is 49.3 Å². The van der Waals surface area contributed by atoms with Crippen LogP contribution in [-0.4, -0.2) is 23.7 Å². The highest BCUT2D eigenvalue weighted by Gasteiger charge is 2.69. The Morgan fingerprint density at radius 1 is 1.00 bits per heavy atom. The van der Waals surface area contributed by atoms with E-state index in [-0.39, 0.29) is 44.5 Å². The molecule has 200 valence electrons. The van der Waals surface area contributed by atoms with Crippen LogP contribution in [0.5, 0.6) is 0 Å². The van der Waals surface area contributed by atoms with Crippen molar-refractivity contribution in [3.05, 3.63) is 11.6 Å². The Labute approximate surface area is 220 Å². The van der Waals surface area contributed by atoms with E-state index < -0.39 is 0 Å². The van der Waals surface area contributed by atoms with Crippen molar-refractivity contribution in [2.24, 2.45) is 50.2 Å². The highest BCUT2D eigenvalue weighted by Crippen LogP contribution is 2.75. The number of amides is 1. The van der Waals surface area contributed by atoms with Gasteiger partial charge in [-0.15, -0.1) is 6.42 Å². The Morgan fingerprint density at radius 2 is 1.69 bits per heavy atom. The molecular formula is C33H51NO2. The molecule has 2 N–H and O–H groups in total. The van der Waals surface area contributed by atoms with Gasteiger partial charge >= 0.3 is 0 Å². The molecule has 5 rings (SSSR count). The molecule has 0 aliphatic heterocycles. The molecule has 4 fully saturated rings. The molecule has 8 atom stereocenters. The SMILES string of the molecule is C#CCNC(=O)C12CCC(C)(C)CC1C1=CCC3C4(C)CCC(O)C(C)(C)C4CCC3(C)[C@]1(C)CC2. The summed E-state index contributed by atoms with van der Waals surface area (Å²) in [7, 11) is 0. The number of carbonyl (C=O) groups excluding carboxylic acids is 1. The summed E-state index contributed by atoms with van der Waals surface area (Å²) in [5.41, 5.74) is 2.13. The Morgan fingerprint density at radius 3 is 2.39 bits per heavy atom. The summed E-state index contributed by atoms with van der Waals surface area (Å²) >= 11 is 0. The summed E-state index contributed by atoms with van der Waals surface area (Å²) in [5, 5.41) is 14.1. The summed E-state index contributed by atoms with van der Waals surface area (Å²) < 4.78 is 0. The summed E-state index contributed by atoms with van der Waals surface area (Å²) in [6, 6.07) is 0. The molecule has 4 saturated carbocycles. The van der Waals surface area contributed by atoms with Crippen molar-refractivity contribution in [3.8, 4) is 12.3 Å². The van der Waals surface area contributed by atoms with E-state index in [2.05, 4.69) is 65.8 Å². The van der Waals surface area contributed by atoms with E-state index in [0.717, 1.165) is 51.4 Å². The van der Waals surface area contributed by atoms with Gasteiger partial charge in [-0.3, -0.25) is 4.79 Å². The summed E-state index contributed by atoms with van der Waals surface area (Å²) in [4.78, 5) is 13.7. The minimum Gasteiger partial charge on any atom is -0.393 e. The number of hydrogen-bond donors (Lipinski definition) is 2. The third-order valence-electron chi connectivity index (χ3n) is 13.4. The molecule has 36 heavy (non-hydrogen) atoms. The average Bonchev–Trinajstić information content (AvgIpc) is 2.80. The van der Waals surface area contributed by atoms with Crippen LogP contribution in [0.15, 0.2) is 11.6 Å². The molecule has 0 aromatic carbocycles. The van der Waals surface area contributed by atoms with Crippen LogP contribution in [0.25, 0.3) is 0 Å². The zero-order valence-electron chi connectivity index (χ0n) is 24.1. The lowest BCUT2D eigenvalue weighted by molar-refractivity contribution is -0.203. The number of aliphatic hydroxyl groups is 1. The summed E-state index contributed by atoms with van der Waals surface area (Å²) in [6.07, 6.45) is 18.8. The molecule has 0 aromatic heterocycles. The second-order valence-corrected chi connectivity index (χ2v) is 15.6. The normalized spacial score (nSPS) is 48.7. The van der Waals surface area contributed by atoms with E-state index in [4.69, 9.17) is 6.42 Å². The zero-order valence-corrected chi connectivity index (χ0v) is 24.1. The fourth-order valence-electron chi connectivity index (χ4n) is 10.9. The van der Waals surface area contributed by atoms with Crippen LogP contribution < -0.4 is 5.32 Å². The van der Waals surface area contributed by atoms with E-state index >= 15 is 0 Å². The van der Waals surface area contributed by atoms with E-state index in [1.165, 1.54) is 12.8 Å². The molecule has 0 spiro atoms. The molecule has 5 aliphatic rings. The lowest BCUT2D eigenvalue weighted by atomic mass is 9.33. The van der Waals surface area contributed by atoms with E-state index in [9.17, 15) is 9.90 Å². The number of terminal acetylenes is 1. The van der Waals surface area contributed by atoms with Gasteiger partial charge in [-0.05, 0) is 109 Å². The van der Waals surface area contributed by atoms with E-state index in [1.807, 2.05) is 0 Å². The average molecular weight is 494 g/mol. The minimum atomic E-state index is -0.307. The number of fused-ring (bicyclic) bond motifs is 7. The van der Waals surface area contributed by atoms with E-state index in [0.29, 0.717) is 24.3 Å². The number of nitrogens with one attached hydrogen (secondary N) is 1. The predicted molar refractivity (Wildman–Crippen MR) is 147 cm³/mol. The molecule has 5 aliphatic carbocycles. The number of hydrogen-bond acceptors (Lipinski definition) is 2. The highest BCUT2D eigenvalue weighted by atomic mass is 16.3. The molecule has 0 aromatic rings. The first kappa shape index (κ1) is 26.3. The second kappa shape index (κ2) is 8.11.